The molecule has 1 aromatic heterocycles. The Kier molecular flexibility index (Phi) is 5.41. The van der Waals surface area contributed by atoms with Gasteiger partial charge in [0, 0.05) is 42.2 Å². The quantitative estimate of drug-likeness (QED) is 0.556. The Hall–Kier alpha value is -2.93. The van der Waals surface area contributed by atoms with Crippen molar-refractivity contribution in [3.63, 3.8) is 0 Å². The zero-order chi connectivity index (χ0) is 25.2. The molecular formula is C25H22Cl2FN5O3. The topological polar surface area (TPSA) is 107 Å². The van der Waals surface area contributed by atoms with Gasteiger partial charge in [-0.05, 0) is 30.7 Å². The third-order valence-corrected chi connectivity index (χ3v) is 8.58. The standard InChI is InChI=1S/C25H22Cl2FN5O3/c26-25(27)6-17(25)22(34)32-8-15-11-33(23(35)36-15)14-2-3-16(20(28)5-14)13-1-4-21(31-7-13)24(12-29)18-9-30-10-19(18)24/h1-5,7,15,17-19,30H,6,8-11H2,(H,32,34)/t15-,17?,18-,19+,24+/m0/s1. The predicted molar refractivity (Wildman–Crippen MR) is 130 cm³/mol. The molecule has 0 radical (unpaired) electrons. The minimum atomic E-state index is -1.02. The average Bonchev–Trinajstić information content (AvgIpc) is 3.48. The normalized spacial score (nSPS) is 31.4. The number of nitrogens with zero attached hydrogens (tertiary/aromatic N) is 3. The number of cyclic esters (lactones) is 1. The molecule has 4 aliphatic rings. The molecule has 2 aliphatic heterocycles. The minimum absolute atomic E-state index is 0.113. The summed E-state index contributed by atoms with van der Waals surface area (Å²) >= 11 is 11.8. The number of nitriles is 1. The minimum Gasteiger partial charge on any atom is -0.442 e. The predicted octanol–water partition coefficient (Wildman–Crippen LogP) is 3.13. The summed E-state index contributed by atoms with van der Waals surface area (Å²) in [6.45, 7) is 1.90. The monoisotopic (exact) mass is 529 g/mol. The Labute approximate surface area is 216 Å². The molecule has 2 amide bonds. The van der Waals surface area contributed by atoms with Crippen molar-refractivity contribution in [3.8, 4) is 17.2 Å². The summed E-state index contributed by atoms with van der Waals surface area (Å²) in [4.78, 5) is 30.3. The Bertz CT molecular complexity index is 1290. The van der Waals surface area contributed by atoms with Crippen LogP contribution < -0.4 is 15.5 Å². The molecule has 6 rings (SSSR count). The smallest absolute Gasteiger partial charge is 0.414 e. The number of piperidine rings is 1. The zero-order valence-electron chi connectivity index (χ0n) is 19.0. The summed E-state index contributed by atoms with van der Waals surface area (Å²) in [5.41, 5.74) is 1.45. The fourth-order valence-electron chi connectivity index (χ4n) is 5.52. The fraction of sp³-hybridized carbons (Fsp3) is 0.440. The number of pyridine rings is 1. The van der Waals surface area contributed by atoms with Crippen LogP contribution in [0.25, 0.3) is 11.1 Å². The molecule has 4 fully saturated rings. The van der Waals surface area contributed by atoms with Crippen molar-refractivity contribution in [2.24, 2.45) is 17.8 Å². The van der Waals surface area contributed by atoms with Crippen LogP contribution in [0.2, 0.25) is 0 Å². The van der Waals surface area contributed by atoms with Gasteiger partial charge >= 0.3 is 6.09 Å². The molecule has 3 heterocycles. The van der Waals surface area contributed by atoms with Crippen LogP contribution in [0, 0.1) is 34.9 Å². The van der Waals surface area contributed by atoms with Crippen molar-refractivity contribution in [2.75, 3.05) is 31.1 Å². The van der Waals surface area contributed by atoms with Gasteiger partial charge in [-0.2, -0.15) is 5.26 Å². The van der Waals surface area contributed by atoms with Crippen molar-refractivity contribution >= 4 is 40.9 Å². The first kappa shape index (κ1) is 23.5. The molecule has 0 bridgehead atoms. The average molecular weight is 530 g/mol. The van der Waals surface area contributed by atoms with Crippen molar-refractivity contribution in [1.29, 1.82) is 5.26 Å². The highest BCUT2D eigenvalue weighted by atomic mass is 35.5. The maximum Gasteiger partial charge on any atom is 0.414 e. The third kappa shape index (κ3) is 3.71. The Morgan fingerprint density at radius 2 is 2.06 bits per heavy atom. The first-order valence-electron chi connectivity index (χ1n) is 11.8. The number of halogens is 3. The summed E-state index contributed by atoms with van der Waals surface area (Å²) in [5.74, 6) is -0.713. The number of carbonyl (C=O) groups is 2. The first-order chi connectivity index (χ1) is 17.2. The molecule has 186 valence electrons. The van der Waals surface area contributed by atoms with Gasteiger partial charge in [-0.25, -0.2) is 9.18 Å². The lowest BCUT2D eigenvalue weighted by molar-refractivity contribution is -0.122. The number of nitrogens with one attached hydrogen (secondary N) is 2. The molecule has 8 nitrogen and oxygen atoms in total. The van der Waals surface area contributed by atoms with Crippen LogP contribution in [0.5, 0.6) is 0 Å². The summed E-state index contributed by atoms with van der Waals surface area (Å²) in [5, 5.41) is 15.8. The Balaban J connectivity index is 1.12. The van der Waals surface area contributed by atoms with Crippen LogP contribution in [-0.2, 0) is 14.9 Å². The van der Waals surface area contributed by atoms with Gasteiger partial charge in [-0.3, -0.25) is 14.7 Å². The molecule has 1 unspecified atom stereocenters. The molecule has 2 N–H and O–H groups in total. The highest BCUT2D eigenvalue weighted by Crippen LogP contribution is 2.60. The van der Waals surface area contributed by atoms with Crippen LogP contribution in [0.3, 0.4) is 0 Å². The number of carbonyl (C=O) groups excluding carboxylic acids is 2. The van der Waals surface area contributed by atoms with Gasteiger partial charge in [-0.1, -0.05) is 6.07 Å². The molecule has 36 heavy (non-hydrogen) atoms. The van der Waals surface area contributed by atoms with E-state index in [1.807, 2.05) is 0 Å². The summed E-state index contributed by atoms with van der Waals surface area (Å²) in [6.07, 6.45) is 0.783. The second-order valence-electron chi connectivity index (χ2n) is 9.83. The molecular weight excluding hydrogens is 508 g/mol. The highest BCUT2D eigenvalue weighted by Gasteiger charge is 2.69. The number of rotatable bonds is 6. The van der Waals surface area contributed by atoms with E-state index in [-0.39, 0.29) is 30.8 Å². The first-order valence-corrected chi connectivity index (χ1v) is 12.5. The van der Waals surface area contributed by atoms with E-state index in [0.717, 1.165) is 18.8 Å². The Morgan fingerprint density at radius 3 is 2.67 bits per heavy atom. The largest absolute Gasteiger partial charge is 0.442 e. The number of hydrogen-bond donors (Lipinski definition) is 2. The van der Waals surface area contributed by atoms with E-state index in [0.29, 0.717) is 23.2 Å². The van der Waals surface area contributed by atoms with Gasteiger partial charge in [-0.15, -0.1) is 23.2 Å². The second-order valence-corrected chi connectivity index (χ2v) is 11.4. The number of anilines is 1. The molecule has 11 heteroatoms. The van der Waals surface area contributed by atoms with Crippen molar-refractivity contribution in [3.05, 3.63) is 48.0 Å². The number of hydrogen-bond acceptors (Lipinski definition) is 6. The third-order valence-electron chi connectivity index (χ3n) is 7.74. The van der Waals surface area contributed by atoms with Crippen molar-refractivity contribution in [1.82, 2.24) is 15.6 Å². The van der Waals surface area contributed by atoms with Gasteiger partial charge < -0.3 is 15.4 Å². The molecule has 1 aromatic carbocycles. The van der Waals surface area contributed by atoms with E-state index in [2.05, 4.69) is 21.7 Å². The maximum absolute atomic E-state index is 15.1. The van der Waals surface area contributed by atoms with Crippen LogP contribution >= 0.6 is 23.2 Å². The summed E-state index contributed by atoms with van der Waals surface area (Å²) < 4.78 is 19.4. The van der Waals surface area contributed by atoms with Gasteiger partial charge in [0.1, 0.15) is 21.7 Å². The Morgan fingerprint density at radius 1 is 1.31 bits per heavy atom. The van der Waals surface area contributed by atoms with Gasteiger partial charge in [0.2, 0.25) is 5.91 Å². The van der Waals surface area contributed by atoms with E-state index in [4.69, 9.17) is 27.9 Å². The lowest BCUT2D eigenvalue weighted by Gasteiger charge is -2.15. The van der Waals surface area contributed by atoms with E-state index in [9.17, 15) is 14.9 Å². The molecule has 2 saturated heterocycles. The number of amides is 2. The fourth-order valence-corrected chi connectivity index (χ4v) is 6.03. The molecule has 2 saturated carbocycles. The molecule has 2 aliphatic carbocycles. The van der Waals surface area contributed by atoms with E-state index < -0.39 is 33.7 Å². The van der Waals surface area contributed by atoms with Gasteiger partial charge in [0.05, 0.1) is 36.5 Å². The number of aromatic nitrogens is 1. The maximum atomic E-state index is 15.1. The van der Waals surface area contributed by atoms with Gasteiger partial charge in [0.15, 0.2) is 0 Å². The summed E-state index contributed by atoms with van der Waals surface area (Å²) in [6, 6.07) is 10.5. The van der Waals surface area contributed by atoms with Crippen LogP contribution in [0.15, 0.2) is 36.5 Å². The number of benzene rings is 1. The summed E-state index contributed by atoms with van der Waals surface area (Å²) in [7, 11) is 0. The van der Waals surface area contributed by atoms with Crippen molar-refractivity contribution in [2.45, 2.75) is 22.3 Å². The number of alkyl halides is 2. The molecule has 5 atom stereocenters. The lowest BCUT2D eigenvalue weighted by Crippen LogP contribution is -2.36. The van der Waals surface area contributed by atoms with E-state index in [1.54, 1.807) is 30.5 Å². The lowest BCUT2D eigenvalue weighted by atomic mass is 9.96. The molecule has 0 spiro atoms. The highest BCUT2D eigenvalue weighted by molar-refractivity contribution is 6.52. The number of ether oxygens (including phenoxy) is 1. The van der Waals surface area contributed by atoms with Crippen LogP contribution in [0.4, 0.5) is 14.9 Å². The SMILES string of the molecule is N#C[C@]1(c2ccc(-c3ccc(N4C[C@H](CNC(=O)C5CC5(Cl)Cl)OC4=O)cc3F)cn2)[C@@H]2CNC[C@@H]21. The van der Waals surface area contributed by atoms with Crippen LogP contribution in [-0.4, -0.2) is 53.6 Å². The molecule has 2 aromatic rings. The van der Waals surface area contributed by atoms with E-state index in [1.165, 1.54) is 11.0 Å². The zero-order valence-corrected chi connectivity index (χ0v) is 20.5. The van der Waals surface area contributed by atoms with Crippen LogP contribution in [0.1, 0.15) is 12.1 Å². The van der Waals surface area contributed by atoms with Crippen molar-refractivity contribution < 1.29 is 18.7 Å². The number of fused-ring (bicyclic) bond motifs is 1. The second kappa shape index (κ2) is 8.30. The van der Waals surface area contributed by atoms with Gasteiger partial charge in [0.25, 0.3) is 0 Å². The van der Waals surface area contributed by atoms with E-state index >= 15 is 4.39 Å².